The zero-order valence-electron chi connectivity index (χ0n) is 32.9. The average Bonchev–Trinajstić information content (AvgIpc) is 3.78. The third-order valence-corrected chi connectivity index (χ3v) is 10.5. The maximum absolute atomic E-state index is 14.0. The van der Waals surface area contributed by atoms with Gasteiger partial charge in [0.15, 0.2) is 0 Å². The molecule has 50 heavy (non-hydrogen) atoms. The number of carbonyl (C=O) groups is 2. The maximum Gasteiger partial charge on any atom is 0.229 e. The van der Waals surface area contributed by atoms with E-state index in [4.69, 9.17) is 34.7 Å². The first-order valence-corrected chi connectivity index (χ1v) is 18.9. The van der Waals surface area contributed by atoms with E-state index in [1.54, 1.807) is 33.3 Å². The van der Waals surface area contributed by atoms with E-state index < -0.39 is 11.7 Å². The molecule has 1 aromatic carbocycles. The Morgan fingerprint density at radius 2 is 1.78 bits per heavy atom. The van der Waals surface area contributed by atoms with Crippen molar-refractivity contribution in [3.8, 4) is 5.75 Å². The van der Waals surface area contributed by atoms with Crippen molar-refractivity contribution < 1.29 is 32.7 Å². The summed E-state index contributed by atoms with van der Waals surface area (Å²) < 4.78 is 30.1. The number of rotatable bonds is 10. The number of nitrogens with zero attached hydrogens (tertiary/aromatic N) is 2. The lowest BCUT2D eigenvalue weighted by Crippen LogP contribution is -2.43. The lowest BCUT2D eigenvalue weighted by molar-refractivity contribution is -0.120. The van der Waals surface area contributed by atoms with Crippen LogP contribution >= 0.6 is 23.6 Å². The monoisotopic (exact) mass is 741 g/mol. The lowest BCUT2D eigenvalue weighted by Gasteiger charge is -2.30. The Kier molecular flexibility index (Phi) is 20.9. The number of hydrogen-bond donors (Lipinski definition) is 1. The van der Waals surface area contributed by atoms with Gasteiger partial charge in [-0.3, -0.25) is 14.5 Å². The highest BCUT2D eigenvalue weighted by molar-refractivity contribution is 7.95. The van der Waals surface area contributed by atoms with Crippen LogP contribution in [0.3, 0.4) is 0 Å². The molecule has 7 unspecified atom stereocenters. The zero-order valence-corrected chi connectivity index (χ0v) is 34.4. The van der Waals surface area contributed by atoms with Crippen molar-refractivity contribution in [2.75, 3.05) is 40.3 Å². The van der Waals surface area contributed by atoms with Crippen LogP contribution in [0.15, 0.2) is 35.9 Å². The minimum atomic E-state index is -0.738. The predicted molar refractivity (Wildman–Crippen MR) is 207 cm³/mol. The van der Waals surface area contributed by atoms with Gasteiger partial charge in [-0.05, 0) is 72.2 Å². The van der Waals surface area contributed by atoms with Gasteiger partial charge in [0.1, 0.15) is 22.5 Å². The van der Waals surface area contributed by atoms with E-state index in [9.17, 15) is 9.59 Å². The molecule has 1 aromatic rings. The molecule has 2 bridgehead atoms. The third kappa shape index (κ3) is 12.8. The second-order valence-corrected chi connectivity index (χ2v) is 14.1. The fraction of sp³-hybridized carbons (Fsp3) is 0.684. The molecule has 0 saturated carbocycles. The van der Waals surface area contributed by atoms with Crippen molar-refractivity contribution in [1.29, 1.82) is 0 Å². The van der Waals surface area contributed by atoms with E-state index in [0.717, 1.165) is 11.1 Å². The van der Waals surface area contributed by atoms with Crippen molar-refractivity contribution in [3.05, 3.63) is 46.5 Å². The van der Waals surface area contributed by atoms with E-state index in [-0.39, 0.29) is 42.1 Å². The van der Waals surface area contributed by atoms with Gasteiger partial charge in [-0.2, -0.15) is 0 Å². The van der Waals surface area contributed by atoms with Crippen molar-refractivity contribution >= 4 is 41.6 Å². The van der Waals surface area contributed by atoms with Crippen LogP contribution in [0.25, 0.3) is 0 Å². The van der Waals surface area contributed by atoms with Gasteiger partial charge < -0.3 is 33.3 Å². The summed E-state index contributed by atoms with van der Waals surface area (Å²) in [6, 6.07) is 3.79. The second-order valence-electron chi connectivity index (χ2n) is 12.6. The van der Waals surface area contributed by atoms with Gasteiger partial charge in [0.2, 0.25) is 12.3 Å². The molecular weight excluding hydrogens is 678 g/mol. The van der Waals surface area contributed by atoms with Crippen LogP contribution in [0.5, 0.6) is 5.75 Å². The molecular formula is C38H64ClN3O7S. The van der Waals surface area contributed by atoms with Crippen LogP contribution in [0.2, 0.25) is 5.02 Å². The van der Waals surface area contributed by atoms with Gasteiger partial charge in [0.25, 0.3) is 0 Å². The molecule has 286 valence electrons. The molecule has 2 aliphatic rings. The van der Waals surface area contributed by atoms with Crippen molar-refractivity contribution in [1.82, 2.24) is 10.2 Å². The van der Waals surface area contributed by atoms with E-state index >= 15 is 0 Å². The predicted octanol–water partition coefficient (Wildman–Crippen LogP) is 7.61. The first kappa shape index (κ1) is 45.9. The number of amides is 2. The molecule has 3 rings (SSSR count). The molecule has 10 nitrogen and oxygen atoms in total. The zero-order chi connectivity index (χ0) is 38.2. The summed E-state index contributed by atoms with van der Waals surface area (Å²) in [5.74, 6) is 0.323. The molecule has 1 N–H and O–H groups in total. The fourth-order valence-corrected chi connectivity index (χ4v) is 6.90. The number of nitrogens with one attached hydrogen (secondary N) is 1. The highest BCUT2D eigenvalue weighted by Gasteiger charge is 2.59. The molecule has 1 saturated heterocycles. The average molecular weight is 742 g/mol. The van der Waals surface area contributed by atoms with Crippen LogP contribution in [-0.4, -0.2) is 100 Å². The molecule has 0 aromatic heterocycles. The number of anilines is 1. The molecule has 1 fully saturated rings. The summed E-state index contributed by atoms with van der Waals surface area (Å²) in [5.41, 5.74) is 1.83. The minimum absolute atomic E-state index is 0.0400. The highest BCUT2D eigenvalue weighted by Crippen LogP contribution is 2.47. The largest absolute Gasteiger partial charge is 0.495 e. The summed E-state index contributed by atoms with van der Waals surface area (Å²) in [6.45, 7) is 18.3. The van der Waals surface area contributed by atoms with Crippen molar-refractivity contribution in [2.24, 2.45) is 0 Å². The number of fused-ring (bicyclic) bond motifs is 3. The molecule has 12 heteroatoms. The molecule has 2 aliphatic heterocycles. The van der Waals surface area contributed by atoms with Gasteiger partial charge in [0, 0.05) is 45.8 Å². The summed E-state index contributed by atoms with van der Waals surface area (Å²) in [7, 11) is 8.60. The first-order valence-electron chi connectivity index (χ1n) is 17.7. The Bertz CT molecular complexity index is 1250. The number of methoxy groups -OCH3 is 3. The Hall–Kier alpha value is -2.12. The molecule has 0 spiro atoms. The number of ether oxygens (including phenoxy) is 4. The van der Waals surface area contributed by atoms with Crippen molar-refractivity contribution in [2.45, 2.75) is 135 Å². The number of benzene rings is 1. The van der Waals surface area contributed by atoms with E-state index in [0.29, 0.717) is 48.2 Å². The number of hydrogen-bond acceptors (Lipinski definition) is 9. The van der Waals surface area contributed by atoms with Crippen LogP contribution in [0, 0.1) is 0 Å². The van der Waals surface area contributed by atoms with Gasteiger partial charge in [0.05, 0.1) is 48.9 Å². The number of epoxide rings is 1. The van der Waals surface area contributed by atoms with Crippen LogP contribution < -0.4 is 15.0 Å². The van der Waals surface area contributed by atoms with Crippen molar-refractivity contribution in [3.63, 3.8) is 0 Å². The number of allylic oxidation sites excluding steroid dienone is 3. The highest BCUT2D eigenvalue weighted by atomic mass is 35.5. The molecule has 0 radical (unpaired) electrons. The maximum atomic E-state index is 14.0. The van der Waals surface area contributed by atoms with Gasteiger partial charge in [-0.25, -0.2) is 0 Å². The van der Waals surface area contributed by atoms with Crippen LogP contribution in [0.4, 0.5) is 5.69 Å². The Labute approximate surface area is 311 Å². The van der Waals surface area contributed by atoms with Crippen LogP contribution in [0.1, 0.15) is 87.1 Å². The molecule has 7 atom stereocenters. The number of halogens is 1. The topological polar surface area (TPSA) is 102 Å². The SMILES string of the molecule is CC.CC.COc1cc2cc(c1Cl)N(C)C(=O)CC(OSC(C)N(C)C(C)C)C1(C)OC1CC(OC)CC(NC=O)C(OC)/C=C\C=C(/C)C2. The van der Waals surface area contributed by atoms with E-state index in [1.807, 2.05) is 79.0 Å². The molecule has 2 amide bonds. The van der Waals surface area contributed by atoms with Gasteiger partial charge >= 0.3 is 0 Å². The minimum Gasteiger partial charge on any atom is -0.495 e. The summed E-state index contributed by atoms with van der Waals surface area (Å²) >= 11 is 8.11. The first-order chi connectivity index (χ1) is 23.8. The Morgan fingerprint density at radius 3 is 2.34 bits per heavy atom. The Morgan fingerprint density at radius 1 is 1.12 bits per heavy atom. The fourth-order valence-electron chi connectivity index (χ4n) is 5.65. The Balaban J connectivity index is 0.00000301. The van der Waals surface area contributed by atoms with Gasteiger partial charge in [-0.1, -0.05) is 63.1 Å². The summed E-state index contributed by atoms with van der Waals surface area (Å²) in [5, 5.41) is 3.32. The summed E-state index contributed by atoms with van der Waals surface area (Å²) in [6.07, 6.45) is 6.84. The normalized spacial score (nSPS) is 28.2. The lowest BCUT2D eigenvalue weighted by atomic mass is 9.92. The van der Waals surface area contributed by atoms with Crippen LogP contribution in [-0.2, 0) is 34.4 Å². The number of carbonyl (C=O) groups excluding carboxylic acids is 2. The van der Waals surface area contributed by atoms with Gasteiger partial charge in [-0.15, -0.1) is 0 Å². The van der Waals surface area contributed by atoms with E-state index in [1.165, 1.54) is 12.0 Å². The summed E-state index contributed by atoms with van der Waals surface area (Å²) in [4.78, 5) is 29.3. The molecule has 0 aliphatic carbocycles. The molecule has 2 heterocycles. The quantitative estimate of drug-likeness (QED) is 0.112. The standard InChI is InChI=1S/C34H52ClN3O7S.2C2H6/c1-21(2)37(6)23(4)46-45-31-19-32(40)38(7)27-15-24(16-29(43-10)33(27)35)14-22(3)12-11-13-28(42-9)26(36-20-39)17-25(41-8)18-30-34(31,5)44-30;2*1-2/h11-13,15-16,20-21,23,25-26,28,30-31H,14,17-19H2,1-10H3,(H,36,39);2*1-2H3/b13-11-,22-12+;;. The second kappa shape index (κ2) is 22.7. The third-order valence-electron chi connectivity index (χ3n) is 9.15. The van der Waals surface area contributed by atoms with E-state index in [2.05, 4.69) is 31.0 Å². The smallest absolute Gasteiger partial charge is 0.229 e.